The first-order chi connectivity index (χ1) is 11.8. The summed E-state index contributed by atoms with van der Waals surface area (Å²) in [5, 5.41) is 14.1. The second-order valence-corrected chi connectivity index (χ2v) is 7.92. The zero-order valence-corrected chi connectivity index (χ0v) is 16.1. The van der Waals surface area contributed by atoms with Crippen molar-refractivity contribution in [3.8, 4) is 0 Å². The summed E-state index contributed by atoms with van der Waals surface area (Å²) in [6, 6.07) is 3.53. The first-order valence-electron chi connectivity index (χ1n) is 8.31. The number of aliphatic hydroxyl groups is 1. The Labute approximate surface area is 155 Å². The highest BCUT2D eigenvalue weighted by Gasteiger charge is 2.26. The van der Waals surface area contributed by atoms with Gasteiger partial charge in [0, 0.05) is 38.9 Å². The van der Waals surface area contributed by atoms with Gasteiger partial charge in [-0.1, -0.05) is 0 Å². The molecule has 1 fully saturated rings. The number of hydrogen-bond acceptors (Lipinski definition) is 5. The zero-order valence-electron chi connectivity index (χ0n) is 14.5. The van der Waals surface area contributed by atoms with Crippen molar-refractivity contribution in [2.24, 2.45) is 0 Å². The predicted octanol–water partition coefficient (Wildman–Crippen LogP) is 1.82. The van der Waals surface area contributed by atoms with Crippen molar-refractivity contribution < 1.29 is 14.3 Å². The molecular weight excluding hydrogens is 388 g/mol. The zero-order chi connectivity index (χ0) is 18.0. The highest BCUT2D eigenvalue weighted by atomic mass is 79.9. The molecule has 2 aromatic rings. The monoisotopic (exact) mass is 410 g/mol. The van der Waals surface area contributed by atoms with Crippen LogP contribution in [0.2, 0.25) is 0 Å². The average molecular weight is 411 g/mol. The molecule has 0 saturated carbocycles. The summed E-state index contributed by atoms with van der Waals surface area (Å²) < 4.78 is 8.34. The number of piperazine rings is 1. The van der Waals surface area contributed by atoms with Crippen LogP contribution in [0.15, 0.2) is 33.4 Å². The minimum atomic E-state index is -0.719. The van der Waals surface area contributed by atoms with Crippen LogP contribution in [-0.4, -0.2) is 68.9 Å². The van der Waals surface area contributed by atoms with Gasteiger partial charge >= 0.3 is 0 Å². The van der Waals surface area contributed by atoms with E-state index in [1.807, 2.05) is 12.3 Å². The summed E-state index contributed by atoms with van der Waals surface area (Å²) in [7, 11) is 0. The van der Waals surface area contributed by atoms with E-state index in [1.54, 1.807) is 35.7 Å². The topological polar surface area (TPSA) is 74.7 Å². The summed E-state index contributed by atoms with van der Waals surface area (Å²) in [6.45, 7) is 7.47. The Bertz CT molecular complexity index is 726. The van der Waals surface area contributed by atoms with Gasteiger partial charge in [0.2, 0.25) is 0 Å². The van der Waals surface area contributed by atoms with E-state index >= 15 is 0 Å². The highest BCUT2D eigenvalue weighted by Crippen LogP contribution is 2.16. The number of amides is 1. The summed E-state index contributed by atoms with van der Waals surface area (Å²) in [5.41, 5.74) is -0.719. The van der Waals surface area contributed by atoms with Crippen molar-refractivity contribution in [1.29, 1.82) is 0 Å². The first-order valence-corrected chi connectivity index (χ1v) is 9.10. The van der Waals surface area contributed by atoms with Crippen LogP contribution in [0.4, 0.5) is 0 Å². The molecular formula is C17H23BrN4O3. The van der Waals surface area contributed by atoms with Crippen molar-refractivity contribution in [3.05, 3.63) is 40.5 Å². The van der Waals surface area contributed by atoms with Crippen LogP contribution >= 0.6 is 15.9 Å². The molecule has 25 heavy (non-hydrogen) atoms. The normalized spacial score (nSPS) is 16.4. The molecule has 3 rings (SSSR count). The van der Waals surface area contributed by atoms with Crippen molar-refractivity contribution in [2.75, 3.05) is 32.7 Å². The van der Waals surface area contributed by atoms with Gasteiger partial charge < -0.3 is 14.4 Å². The second-order valence-electron chi connectivity index (χ2n) is 7.00. The fraction of sp³-hybridized carbons (Fsp3) is 0.529. The molecule has 0 spiro atoms. The van der Waals surface area contributed by atoms with E-state index in [0.29, 0.717) is 37.7 Å². The smallest absolute Gasteiger partial charge is 0.289 e. The van der Waals surface area contributed by atoms with Crippen LogP contribution in [-0.2, 0) is 6.54 Å². The van der Waals surface area contributed by atoms with Crippen molar-refractivity contribution >= 4 is 21.8 Å². The maximum absolute atomic E-state index is 12.6. The molecule has 0 bridgehead atoms. The number of halogens is 1. The molecule has 3 heterocycles. The molecule has 1 aliphatic rings. The van der Waals surface area contributed by atoms with Crippen LogP contribution in [0.5, 0.6) is 0 Å². The molecule has 2 aromatic heterocycles. The molecule has 0 atom stereocenters. The lowest BCUT2D eigenvalue weighted by molar-refractivity contribution is 0.0171. The Morgan fingerprint density at radius 2 is 2.04 bits per heavy atom. The highest BCUT2D eigenvalue weighted by molar-refractivity contribution is 9.10. The molecule has 7 nitrogen and oxygen atoms in total. The molecule has 136 valence electrons. The quantitative estimate of drug-likeness (QED) is 0.813. The van der Waals surface area contributed by atoms with Crippen molar-refractivity contribution in [1.82, 2.24) is 19.6 Å². The van der Waals surface area contributed by atoms with Crippen LogP contribution in [0.3, 0.4) is 0 Å². The molecule has 8 heteroatoms. The van der Waals surface area contributed by atoms with E-state index in [-0.39, 0.29) is 5.91 Å². The molecule has 1 saturated heterocycles. The van der Waals surface area contributed by atoms with Crippen LogP contribution < -0.4 is 0 Å². The van der Waals surface area contributed by atoms with Crippen LogP contribution in [0, 0.1) is 0 Å². The fourth-order valence-electron chi connectivity index (χ4n) is 2.97. The van der Waals surface area contributed by atoms with Gasteiger partial charge in [0.05, 0.1) is 22.8 Å². The average Bonchev–Trinajstić information content (AvgIpc) is 3.15. The maximum atomic E-state index is 12.6. The van der Waals surface area contributed by atoms with Gasteiger partial charge in [-0.3, -0.25) is 14.4 Å². The first kappa shape index (κ1) is 18.2. The Hall–Kier alpha value is -1.64. The van der Waals surface area contributed by atoms with Gasteiger partial charge in [0.15, 0.2) is 5.76 Å². The Morgan fingerprint density at radius 1 is 1.32 bits per heavy atom. The van der Waals surface area contributed by atoms with Gasteiger partial charge in [0.25, 0.3) is 5.91 Å². The van der Waals surface area contributed by atoms with E-state index < -0.39 is 5.60 Å². The molecule has 0 unspecified atom stereocenters. The van der Waals surface area contributed by atoms with Gasteiger partial charge in [-0.2, -0.15) is 5.10 Å². The van der Waals surface area contributed by atoms with E-state index in [4.69, 9.17) is 4.42 Å². The third-order valence-electron chi connectivity index (χ3n) is 4.06. The fourth-order valence-corrected chi connectivity index (χ4v) is 3.30. The lowest BCUT2D eigenvalue weighted by atomic mass is 10.1. The number of carbonyl (C=O) groups excluding carboxylic acids is 1. The lowest BCUT2D eigenvalue weighted by Gasteiger charge is -2.36. The minimum Gasteiger partial charge on any atom is -0.454 e. The van der Waals surface area contributed by atoms with E-state index in [1.165, 1.54) is 0 Å². The lowest BCUT2D eigenvalue weighted by Crippen LogP contribution is -2.51. The summed E-state index contributed by atoms with van der Waals surface area (Å²) in [4.78, 5) is 16.6. The Kier molecular flexibility index (Phi) is 5.31. The van der Waals surface area contributed by atoms with Crippen LogP contribution in [0.25, 0.3) is 0 Å². The standard InChI is InChI=1S/C17H23BrN4O3/c1-17(2,24)12-20-5-7-21(8-6-20)16(23)15-4-3-14(25-15)11-22-10-13(18)9-19-22/h3-4,9-10,24H,5-8,11-12H2,1-2H3. The van der Waals surface area contributed by atoms with E-state index in [2.05, 4.69) is 25.9 Å². The number of β-amino-alcohol motifs (C(OH)–C–C–N with tert-alkyl or cyclic N) is 1. The summed E-state index contributed by atoms with van der Waals surface area (Å²) in [5.74, 6) is 0.965. The Morgan fingerprint density at radius 3 is 2.64 bits per heavy atom. The van der Waals surface area contributed by atoms with Gasteiger partial charge in [-0.25, -0.2) is 0 Å². The largest absolute Gasteiger partial charge is 0.454 e. The summed E-state index contributed by atoms with van der Waals surface area (Å²) >= 11 is 3.35. The molecule has 0 aliphatic carbocycles. The molecule has 1 aliphatic heterocycles. The van der Waals surface area contributed by atoms with Gasteiger partial charge in [0.1, 0.15) is 5.76 Å². The minimum absolute atomic E-state index is 0.0872. The number of hydrogen-bond donors (Lipinski definition) is 1. The second kappa shape index (κ2) is 7.31. The SMILES string of the molecule is CC(C)(O)CN1CCN(C(=O)c2ccc(Cn3cc(Br)cn3)o2)CC1. The van der Waals surface area contributed by atoms with Crippen molar-refractivity contribution in [3.63, 3.8) is 0 Å². The Balaban J connectivity index is 1.55. The van der Waals surface area contributed by atoms with E-state index in [9.17, 15) is 9.90 Å². The molecule has 1 amide bonds. The third kappa shape index (κ3) is 4.93. The number of furan rings is 1. The third-order valence-corrected chi connectivity index (χ3v) is 4.47. The number of rotatable bonds is 5. The van der Waals surface area contributed by atoms with E-state index in [0.717, 1.165) is 17.6 Å². The number of nitrogens with zero attached hydrogens (tertiary/aromatic N) is 4. The summed E-state index contributed by atoms with van der Waals surface area (Å²) in [6.07, 6.45) is 3.56. The van der Waals surface area contributed by atoms with Gasteiger partial charge in [-0.15, -0.1) is 0 Å². The maximum Gasteiger partial charge on any atom is 0.289 e. The molecule has 0 aromatic carbocycles. The molecule has 1 N–H and O–H groups in total. The predicted molar refractivity (Wildman–Crippen MR) is 96.4 cm³/mol. The molecule has 0 radical (unpaired) electrons. The number of carbonyl (C=O) groups is 1. The van der Waals surface area contributed by atoms with Gasteiger partial charge in [-0.05, 0) is 41.9 Å². The van der Waals surface area contributed by atoms with Crippen molar-refractivity contribution in [2.45, 2.75) is 26.0 Å². The van der Waals surface area contributed by atoms with Crippen LogP contribution in [0.1, 0.15) is 30.2 Å². The number of aromatic nitrogens is 2.